The number of benzene rings is 2. The first-order valence-corrected chi connectivity index (χ1v) is 22.0. The molecular weight excluding hydrogens is 774 g/mol. The van der Waals surface area contributed by atoms with E-state index < -0.39 is 47.4 Å². The molecule has 6 atom stereocenters. The number of methoxy groups -OCH3 is 1. The van der Waals surface area contributed by atoms with Crippen LogP contribution in [0.5, 0.6) is 5.75 Å². The van der Waals surface area contributed by atoms with Crippen molar-refractivity contribution < 1.29 is 38.1 Å². The zero-order valence-electron chi connectivity index (χ0n) is 33.9. The molecule has 308 valence electrons. The van der Waals surface area contributed by atoms with Crippen LogP contribution in [0.3, 0.4) is 0 Å². The maximum absolute atomic E-state index is 13.8. The smallest absolute Gasteiger partial charge is 0.347 e. The fourth-order valence-electron chi connectivity index (χ4n) is 6.41. The van der Waals surface area contributed by atoms with Gasteiger partial charge in [-0.3, -0.25) is 14.4 Å². The summed E-state index contributed by atoms with van der Waals surface area (Å²) in [6.07, 6.45) is 3.30. The van der Waals surface area contributed by atoms with E-state index in [4.69, 9.17) is 30.5 Å². The van der Waals surface area contributed by atoms with Crippen LogP contribution >= 0.6 is 33.2 Å². The number of epoxide rings is 1. The van der Waals surface area contributed by atoms with Crippen LogP contribution in [0.1, 0.15) is 84.1 Å². The summed E-state index contributed by atoms with van der Waals surface area (Å²) in [5.41, 5.74) is 1.67. The highest BCUT2D eigenvalue weighted by Crippen LogP contribution is 2.45. The molecule has 2 aliphatic heterocycles. The van der Waals surface area contributed by atoms with Gasteiger partial charge in [0.15, 0.2) is 6.10 Å². The summed E-state index contributed by atoms with van der Waals surface area (Å²) in [4.78, 5) is 54.2. The van der Waals surface area contributed by atoms with Gasteiger partial charge in [-0.05, 0) is 81.2 Å². The summed E-state index contributed by atoms with van der Waals surface area (Å²) in [7, 11) is 5.13. The molecular formula is C42H58ClN3O8S2. The van der Waals surface area contributed by atoms with E-state index in [1.54, 1.807) is 48.9 Å². The summed E-state index contributed by atoms with van der Waals surface area (Å²) in [5.74, 6) is -2.12. The summed E-state index contributed by atoms with van der Waals surface area (Å²) >= 11 is 6.36. The van der Waals surface area contributed by atoms with Gasteiger partial charge in [0.1, 0.15) is 24.0 Å². The summed E-state index contributed by atoms with van der Waals surface area (Å²) in [5, 5.41) is 9.49. The maximum atomic E-state index is 13.8. The second-order valence-corrected chi connectivity index (χ2v) is 19.7. The van der Waals surface area contributed by atoms with E-state index in [9.17, 15) is 19.2 Å². The third-order valence-electron chi connectivity index (χ3n) is 9.78. The van der Waals surface area contributed by atoms with Crippen LogP contribution < -0.4 is 20.7 Å². The van der Waals surface area contributed by atoms with Crippen molar-refractivity contribution >= 4 is 56.9 Å². The van der Waals surface area contributed by atoms with E-state index in [-0.39, 0.29) is 54.6 Å². The third kappa shape index (κ3) is 13.4. The minimum atomic E-state index is -1.21. The number of amides is 2. The molecule has 1 saturated heterocycles. The average Bonchev–Trinajstić information content (AvgIpc) is 3.93. The average molecular weight is 833 g/mol. The normalized spacial score (nSPS) is 24.7. The fraction of sp³-hybridized carbons (Fsp3) is 0.571. The summed E-state index contributed by atoms with van der Waals surface area (Å²) in [6.45, 7) is 15.0. The van der Waals surface area contributed by atoms with Crippen LogP contribution in [0, 0.1) is 17.3 Å². The molecule has 2 aliphatic rings. The van der Waals surface area contributed by atoms with Gasteiger partial charge in [0, 0.05) is 43.1 Å². The Morgan fingerprint density at radius 3 is 2.38 bits per heavy atom. The lowest BCUT2D eigenvalue weighted by Crippen LogP contribution is -2.51. The van der Waals surface area contributed by atoms with Crippen molar-refractivity contribution in [3.8, 4) is 5.75 Å². The predicted octanol–water partition coefficient (Wildman–Crippen LogP) is 7.00. The number of rotatable bonds is 14. The van der Waals surface area contributed by atoms with Gasteiger partial charge in [0.25, 0.3) is 0 Å². The highest BCUT2D eigenvalue weighted by Gasteiger charge is 2.48. The number of ether oxygens (including phenoxy) is 4. The predicted molar refractivity (Wildman–Crippen MR) is 224 cm³/mol. The van der Waals surface area contributed by atoms with E-state index in [1.807, 2.05) is 31.6 Å². The number of cyclic esters (lactones) is 2. The van der Waals surface area contributed by atoms with Crippen molar-refractivity contribution in [3.05, 3.63) is 76.3 Å². The van der Waals surface area contributed by atoms with Crippen LogP contribution in [0.4, 0.5) is 0 Å². The standard InChI is InChI=1S/C42H58ClN3O8S2/c1-25(2)19-34-39(49)52-32(26(3)36-37(54-36)29-16-13-27(14-17-29)22-44-24-42(6,7)56-55-9)11-10-12-35(47)46-31(21-28-15-18-33(51-8)30(43)20-28)38(48)45-23-41(4,5)40(50)53-34/h10,12-18,20,25-26,31-32,34,36-37,44H,11,19,21-24H2,1-9H3,(H,45,48)(H,46,47)/b12-10+/t26-,31+,32-,34-,36+,37+/m0/s1. The Kier molecular flexibility index (Phi) is 16.6. The van der Waals surface area contributed by atoms with Gasteiger partial charge in [-0.2, -0.15) is 0 Å². The number of esters is 2. The molecule has 0 saturated carbocycles. The number of halogens is 1. The van der Waals surface area contributed by atoms with E-state index in [0.29, 0.717) is 16.3 Å². The SMILES string of the molecule is COc1ccc(C[C@H]2NC(=O)/C=C/C[C@@H]([C@H](C)[C@H]3O[C@@H]3c3ccc(CNCC(C)(C)SSC)cc3)OC(=O)[C@H](CC(C)C)OC(=O)C(C)(C)CNC2=O)cc1Cl. The first-order valence-electron chi connectivity index (χ1n) is 19.1. The van der Waals surface area contributed by atoms with Gasteiger partial charge in [-0.25, -0.2) is 4.79 Å². The van der Waals surface area contributed by atoms with Gasteiger partial charge < -0.3 is 34.9 Å². The number of carbonyl (C=O) groups excluding carboxylic acids is 4. The number of carbonyl (C=O) groups is 4. The van der Waals surface area contributed by atoms with Gasteiger partial charge in [-0.1, -0.05) is 90.4 Å². The van der Waals surface area contributed by atoms with Crippen molar-refractivity contribution in [3.63, 3.8) is 0 Å². The Labute approximate surface area is 344 Å². The molecule has 0 aliphatic carbocycles. The molecule has 2 aromatic rings. The first-order chi connectivity index (χ1) is 26.4. The molecule has 0 aromatic heterocycles. The fourth-order valence-corrected chi connectivity index (χ4v) is 8.83. The molecule has 2 heterocycles. The van der Waals surface area contributed by atoms with Crippen molar-refractivity contribution in [2.45, 2.75) is 109 Å². The van der Waals surface area contributed by atoms with Crippen molar-refractivity contribution in [1.29, 1.82) is 0 Å². The first kappa shape index (κ1) is 45.5. The minimum Gasteiger partial charge on any atom is -0.495 e. The van der Waals surface area contributed by atoms with Crippen LogP contribution in [0.15, 0.2) is 54.6 Å². The molecule has 0 radical (unpaired) electrons. The monoisotopic (exact) mass is 831 g/mol. The van der Waals surface area contributed by atoms with E-state index >= 15 is 0 Å². The molecule has 0 spiro atoms. The number of hydrogen-bond donors (Lipinski definition) is 3. The quantitative estimate of drug-likeness (QED) is 0.103. The molecule has 56 heavy (non-hydrogen) atoms. The highest BCUT2D eigenvalue weighted by molar-refractivity contribution is 8.77. The molecule has 4 rings (SSSR count). The highest BCUT2D eigenvalue weighted by atomic mass is 35.5. The zero-order chi connectivity index (χ0) is 41.2. The second kappa shape index (κ2) is 20.5. The Hall–Kier alpha value is -3.23. The van der Waals surface area contributed by atoms with Crippen LogP contribution in [-0.4, -0.2) is 79.3 Å². The van der Waals surface area contributed by atoms with E-state index in [2.05, 4.69) is 60.3 Å². The van der Waals surface area contributed by atoms with Gasteiger partial charge in [-0.15, -0.1) is 0 Å². The Morgan fingerprint density at radius 2 is 1.73 bits per heavy atom. The lowest BCUT2D eigenvalue weighted by atomic mass is 9.92. The number of nitrogens with one attached hydrogen (secondary N) is 3. The largest absolute Gasteiger partial charge is 0.495 e. The van der Waals surface area contributed by atoms with E-state index in [1.165, 1.54) is 18.7 Å². The van der Waals surface area contributed by atoms with Crippen molar-refractivity contribution in [2.75, 3.05) is 26.5 Å². The zero-order valence-corrected chi connectivity index (χ0v) is 36.3. The van der Waals surface area contributed by atoms with Crippen molar-refractivity contribution in [2.24, 2.45) is 17.3 Å². The molecule has 1 fully saturated rings. The van der Waals surface area contributed by atoms with Gasteiger partial charge in [0.05, 0.1) is 23.7 Å². The molecule has 11 nitrogen and oxygen atoms in total. The molecule has 0 unspecified atom stereocenters. The Balaban J connectivity index is 1.53. The molecule has 3 N–H and O–H groups in total. The second-order valence-electron chi connectivity index (χ2n) is 16.2. The Morgan fingerprint density at radius 1 is 1.04 bits per heavy atom. The molecule has 14 heteroatoms. The molecule has 0 bridgehead atoms. The third-order valence-corrected chi connectivity index (χ3v) is 12.7. The molecule has 2 aromatic carbocycles. The van der Waals surface area contributed by atoms with Crippen LogP contribution in [0.2, 0.25) is 5.02 Å². The minimum absolute atomic E-state index is 0.00971. The van der Waals surface area contributed by atoms with Crippen LogP contribution in [0.25, 0.3) is 0 Å². The van der Waals surface area contributed by atoms with E-state index in [0.717, 1.165) is 18.7 Å². The lowest BCUT2D eigenvalue weighted by Gasteiger charge is -2.29. The lowest BCUT2D eigenvalue weighted by molar-refractivity contribution is -0.179. The summed E-state index contributed by atoms with van der Waals surface area (Å²) < 4.78 is 23.5. The van der Waals surface area contributed by atoms with Gasteiger partial charge in [0.2, 0.25) is 11.8 Å². The molecule has 2 amide bonds. The topological polar surface area (TPSA) is 145 Å². The number of hydrogen-bond acceptors (Lipinski definition) is 11. The maximum Gasteiger partial charge on any atom is 0.347 e. The van der Waals surface area contributed by atoms with Crippen molar-refractivity contribution in [1.82, 2.24) is 16.0 Å². The Bertz CT molecular complexity index is 1700. The summed E-state index contributed by atoms with van der Waals surface area (Å²) in [6, 6.07) is 12.5. The van der Waals surface area contributed by atoms with Crippen LogP contribution in [-0.2, 0) is 46.4 Å². The van der Waals surface area contributed by atoms with Gasteiger partial charge >= 0.3 is 11.9 Å².